The molecule has 2 nitrogen and oxygen atoms in total. The van der Waals surface area contributed by atoms with Gasteiger partial charge in [0.2, 0.25) is 0 Å². The zero-order valence-electron chi connectivity index (χ0n) is 6.66. The van der Waals surface area contributed by atoms with Gasteiger partial charge in [0.1, 0.15) is 5.01 Å². The zero-order chi connectivity index (χ0) is 7.68. The van der Waals surface area contributed by atoms with E-state index in [1.807, 2.05) is 6.20 Å². The van der Waals surface area contributed by atoms with Crippen LogP contribution in [-0.2, 0) is 0 Å². The van der Waals surface area contributed by atoms with Crippen LogP contribution in [0, 0.1) is 0 Å². The van der Waals surface area contributed by atoms with Crippen molar-refractivity contribution in [1.82, 2.24) is 9.88 Å². The Morgan fingerprint density at radius 2 is 2.64 bits per heavy atom. The Kier molecular flexibility index (Phi) is 1.92. The molecule has 3 heteroatoms. The molecule has 0 bridgehead atoms. The Morgan fingerprint density at radius 3 is 3.18 bits per heavy atom. The van der Waals surface area contributed by atoms with Crippen molar-refractivity contribution in [2.24, 2.45) is 0 Å². The van der Waals surface area contributed by atoms with Gasteiger partial charge in [-0.2, -0.15) is 0 Å². The molecule has 1 aliphatic heterocycles. The van der Waals surface area contributed by atoms with Gasteiger partial charge in [-0.25, -0.2) is 4.98 Å². The van der Waals surface area contributed by atoms with Gasteiger partial charge in [-0.05, 0) is 26.4 Å². The van der Waals surface area contributed by atoms with E-state index in [1.165, 1.54) is 24.4 Å². The number of nitrogens with zero attached hydrogens (tertiary/aromatic N) is 2. The largest absolute Gasteiger partial charge is 0.297 e. The van der Waals surface area contributed by atoms with Gasteiger partial charge in [-0.1, -0.05) is 0 Å². The number of hydrogen-bond donors (Lipinski definition) is 0. The summed E-state index contributed by atoms with van der Waals surface area (Å²) in [6.45, 7) is 1.23. The molecule has 0 saturated carbocycles. The first-order valence-electron chi connectivity index (χ1n) is 3.97. The van der Waals surface area contributed by atoms with E-state index in [0.717, 1.165) is 0 Å². The fraction of sp³-hybridized carbons (Fsp3) is 0.625. The molecule has 0 N–H and O–H groups in total. The van der Waals surface area contributed by atoms with Crippen molar-refractivity contribution < 1.29 is 0 Å². The smallest absolute Gasteiger partial charge is 0.110 e. The first-order chi connectivity index (χ1) is 5.38. The molecule has 60 valence electrons. The summed E-state index contributed by atoms with van der Waals surface area (Å²) in [5, 5.41) is 3.34. The average molecular weight is 168 g/mol. The van der Waals surface area contributed by atoms with Gasteiger partial charge in [0.05, 0.1) is 6.04 Å². The monoisotopic (exact) mass is 168 g/mol. The Bertz CT molecular complexity index is 220. The SMILES string of the molecule is CN1CCCC1c1nccs1. The molecule has 0 amide bonds. The molecule has 1 aliphatic rings. The Labute approximate surface area is 70.9 Å². The van der Waals surface area contributed by atoms with Crippen molar-refractivity contribution in [1.29, 1.82) is 0 Å². The highest BCUT2D eigenvalue weighted by Crippen LogP contribution is 2.30. The van der Waals surface area contributed by atoms with E-state index in [2.05, 4.69) is 22.3 Å². The van der Waals surface area contributed by atoms with E-state index in [0.29, 0.717) is 6.04 Å². The van der Waals surface area contributed by atoms with Crippen molar-refractivity contribution >= 4 is 11.3 Å². The Balaban J connectivity index is 2.16. The molecule has 1 fully saturated rings. The van der Waals surface area contributed by atoms with Crippen molar-refractivity contribution in [3.05, 3.63) is 16.6 Å². The van der Waals surface area contributed by atoms with Crippen LogP contribution in [0.2, 0.25) is 0 Å². The van der Waals surface area contributed by atoms with Crippen LogP contribution < -0.4 is 0 Å². The lowest BCUT2D eigenvalue weighted by molar-refractivity contribution is 0.316. The standard InChI is InChI=1S/C8H12N2S/c1-10-5-2-3-7(10)8-9-4-6-11-8/h4,6-7H,2-3,5H2,1H3. The quantitative estimate of drug-likeness (QED) is 0.636. The van der Waals surface area contributed by atoms with E-state index in [4.69, 9.17) is 0 Å². The number of likely N-dealkylation sites (tertiary alicyclic amines) is 1. The van der Waals surface area contributed by atoms with E-state index in [1.54, 1.807) is 11.3 Å². The molecular formula is C8H12N2S. The average Bonchev–Trinajstić information content (AvgIpc) is 2.55. The van der Waals surface area contributed by atoms with Gasteiger partial charge < -0.3 is 0 Å². The summed E-state index contributed by atoms with van der Waals surface area (Å²) in [4.78, 5) is 6.71. The van der Waals surface area contributed by atoms with Gasteiger partial charge in [0.25, 0.3) is 0 Å². The summed E-state index contributed by atoms with van der Waals surface area (Å²) in [6, 6.07) is 0.606. The van der Waals surface area contributed by atoms with Crippen LogP contribution in [0.4, 0.5) is 0 Å². The molecule has 0 radical (unpaired) electrons. The second-order valence-corrected chi connectivity index (χ2v) is 3.94. The lowest BCUT2D eigenvalue weighted by Crippen LogP contribution is -2.16. The van der Waals surface area contributed by atoms with Crippen LogP contribution in [0.25, 0.3) is 0 Å². The summed E-state index contributed by atoms with van der Waals surface area (Å²) in [7, 11) is 2.18. The third-order valence-electron chi connectivity index (χ3n) is 2.26. The molecule has 2 rings (SSSR count). The highest BCUT2D eigenvalue weighted by Gasteiger charge is 2.23. The first kappa shape index (κ1) is 7.25. The minimum Gasteiger partial charge on any atom is -0.297 e. The Morgan fingerprint density at radius 1 is 1.73 bits per heavy atom. The van der Waals surface area contributed by atoms with Crippen LogP contribution in [0.1, 0.15) is 23.9 Å². The third-order valence-corrected chi connectivity index (χ3v) is 3.13. The van der Waals surface area contributed by atoms with Crippen LogP contribution >= 0.6 is 11.3 Å². The summed E-state index contributed by atoms with van der Waals surface area (Å²) < 4.78 is 0. The summed E-state index contributed by atoms with van der Waals surface area (Å²) in [5.41, 5.74) is 0. The molecule has 1 saturated heterocycles. The maximum absolute atomic E-state index is 4.33. The molecule has 1 atom stereocenters. The third kappa shape index (κ3) is 1.30. The van der Waals surface area contributed by atoms with Gasteiger partial charge in [0, 0.05) is 11.6 Å². The molecule has 0 aliphatic carbocycles. The molecule has 1 aromatic rings. The number of rotatable bonds is 1. The second-order valence-electron chi connectivity index (χ2n) is 3.01. The lowest BCUT2D eigenvalue weighted by Gasteiger charge is -2.15. The summed E-state index contributed by atoms with van der Waals surface area (Å²) >= 11 is 1.77. The predicted octanol–water partition coefficient (Wildman–Crippen LogP) is 1.91. The number of thiazole rings is 1. The minimum atomic E-state index is 0.606. The molecule has 2 heterocycles. The normalized spacial score (nSPS) is 26.1. The first-order valence-corrected chi connectivity index (χ1v) is 4.85. The minimum absolute atomic E-state index is 0.606. The fourth-order valence-electron chi connectivity index (χ4n) is 1.62. The van der Waals surface area contributed by atoms with Crippen molar-refractivity contribution in [2.75, 3.05) is 13.6 Å². The number of aromatic nitrogens is 1. The molecule has 0 spiro atoms. The summed E-state index contributed by atoms with van der Waals surface area (Å²) in [6.07, 6.45) is 4.50. The van der Waals surface area contributed by atoms with Gasteiger partial charge in [0.15, 0.2) is 0 Å². The molecule has 1 aromatic heterocycles. The summed E-state index contributed by atoms with van der Waals surface area (Å²) in [5.74, 6) is 0. The molecule has 1 unspecified atom stereocenters. The van der Waals surface area contributed by atoms with Crippen LogP contribution in [-0.4, -0.2) is 23.5 Å². The maximum Gasteiger partial charge on any atom is 0.110 e. The lowest BCUT2D eigenvalue weighted by atomic mass is 10.2. The highest BCUT2D eigenvalue weighted by molar-refractivity contribution is 7.09. The topological polar surface area (TPSA) is 16.1 Å². The maximum atomic E-state index is 4.33. The Hall–Kier alpha value is -0.410. The van der Waals surface area contributed by atoms with Crippen LogP contribution in [0.15, 0.2) is 11.6 Å². The second kappa shape index (κ2) is 2.91. The zero-order valence-corrected chi connectivity index (χ0v) is 7.47. The predicted molar refractivity (Wildman–Crippen MR) is 46.7 cm³/mol. The number of hydrogen-bond acceptors (Lipinski definition) is 3. The van der Waals surface area contributed by atoms with Crippen LogP contribution in [0.3, 0.4) is 0 Å². The fourth-order valence-corrected chi connectivity index (χ4v) is 2.46. The van der Waals surface area contributed by atoms with E-state index >= 15 is 0 Å². The molecule has 0 aromatic carbocycles. The van der Waals surface area contributed by atoms with E-state index in [9.17, 15) is 0 Å². The van der Waals surface area contributed by atoms with Crippen molar-refractivity contribution in [2.45, 2.75) is 18.9 Å². The van der Waals surface area contributed by atoms with Crippen molar-refractivity contribution in [3.8, 4) is 0 Å². The van der Waals surface area contributed by atoms with Gasteiger partial charge in [-0.3, -0.25) is 4.90 Å². The molecule has 11 heavy (non-hydrogen) atoms. The van der Waals surface area contributed by atoms with Gasteiger partial charge >= 0.3 is 0 Å². The van der Waals surface area contributed by atoms with E-state index in [-0.39, 0.29) is 0 Å². The highest BCUT2D eigenvalue weighted by atomic mass is 32.1. The van der Waals surface area contributed by atoms with Gasteiger partial charge in [-0.15, -0.1) is 11.3 Å². The van der Waals surface area contributed by atoms with Crippen molar-refractivity contribution in [3.63, 3.8) is 0 Å². The molecular weight excluding hydrogens is 156 g/mol. The van der Waals surface area contributed by atoms with E-state index < -0.39 is 0 Å². The van der Waals surface area contributed by atoms with Crippen LogP contribution in [0.5, 0.6) is 0 Å².